The van der Waals surface area contributed by atoms with Crippen molar-refractivity contribution in [2.24, 2.45) is 0 Å². The smallest absolute Gasteiger partial charge is 0.242 e. The number of rotatable bonds is 10. The highest BCUT2D eigenvalue weighted by Crippen LogP contribution is 2.28. The number of halogens is 2. The summed E-state index contributed by atoms with van der Waals surface area (Å²) in [6.07, 6.45) is 0.0453. The van der Waals surface area contributed by atoms with Crippen LogP contribution in [0.5, 0.6) is 11.5 Å². The Morgan fingerprint density at radius 3 is 2.29 bits per heavy atom. The molecule has 0 radical (unpaired) electrons. The van der Waals surface area contributed by atoms with Crippen molar-refractivity contribution >= 4 is 23.4 Å². The van der Waals surface area contributed by atoms with Crippen molar-refractivity contribution in [1.29, 1.82) is 0 Å². The molecule has 6 nitrogen and oxygen atoms in total. The van der Waals surface area contributed by atoms with Crippen molar-refractivity contribution in [3.05, 3.63) is 94.3 Å². The van der Waals surface area contributed by atoms with Gasteiger partial charge in [0.15, 0.2) is 11.5 Å². The minimum Gasteiger partial charge on any atom is -0.493 e. The molecule has 0 bridgehead atoms. The van der Waals surface area contributed by atoms with Gasteiger partial charge in [-0.15, -0.1) is 0 Å². The van der Waals surface area contributed by atoms with Crippen molar-refractivity contribution in [1.82, 2.24) is 10.2 Å². The number of hydrogen-bond acceptors (Lipinski definition) is 4. The molecule has 0 aliphatic heterocycles. The molecule has 0 saturated carbocycles. The molecule has 0 aliphatic rings. The molecule has 0 saturated heterocycles. The monoisotopic (exact) mass is 498 g/mol. The predicted molar refractivity (Wildman–Crippen MR) is 133 cm³/mol. The average Bonchev–Trinajstić information content (AvgIpc) is 2.87. The van der Waals surface area contributed by atoms with Gasteiger partial charge in [-0.1, -0.05) is 48.0 Å². The minimum atomic E-state index is -0.782. The topological polar surface area (TPSA) is 67.9 Å². The van der Waals surface area contributed by atoms with Gasteiger partial charge in [0, 0.05) is 18.1 Å². The van der Waals surface area contributed by atoms with Crippen molar-refractivity contribution in [2.45, 2.75) is 32.5 Å². The summed E-state index contributed by atoms with van der Waals surface area (Å²) >= 11 is 6.19. The zero-order valence-corrected chi connectivity index (χ0v) is 20.6. The Hall–Kier alpha value is -3.58. The summed E-state index contributed by atoms with van der Waals surface area (Å²) < 4.78 is 24.0. The maximum atomic E-state index is 13.4. The predicted octanol–water partition coefficient (Wildman–Crippen LogP) is 4.77. The summed E-state index contributed by atoms with van der Waals surface area (Å²) in [5.41, 5.74) is 2.19. The van der Waals surface area contributed by atoms with Crippen molar-refractivity contribution < 1.29 is 23.5 Å². The van der Waals surface area contributed by atoms with Crippen LogP contribution < -0.4 is 14.8 Å². The van der Waals surface area contributed by atoms with Crippen molar-refractivity contribution in [2.75, 3.05) is 14.2 Å². The molecule has 3 aromatic rings. The second-order valence-corrected chi connectivity index (χ2v) is 8.41. The third kappa shape index (κ3) is 6.96. The summed E-state index contributed by atoms with van der Waals surface area (Å²) in [6.45, 7) is 2.04. The van der Waals surface area contributed by atoms with E-state index in [1.54, 1.807) is 43.3 Å². The van der Waals surface area contributed by atoms with Crippen LogP contribution >= 0.6 is 11.6 Å². The number of nitrogens with zero attached hydrogens (tertiary/aromatic N) is 1. The lowest BCUT2D eigenvalue weighted by Gasteiger charge is -2.29. The Kier molecular flexibility index (Phi) is 9.09. The van der Waals surface area contributed by atoms with E-state index in [2.05, 4.69) is 5.32 Å². The SMILES string of the molecule is COc1ccc(CC(=O)N(Cc2ccc(F)cc2)[C@H](C)C(=O)NCc2ccccc2Cl)cc1OC. The molecule has 0 spiro atoms. The summed E-state index contributed by atoms with van der Waals surface area (Å²) in [5, 5.41) is 3.40. The molecule has 0 unspecified atom stereocenters. The lowest BCUT2D eigenvalue weighted by Crippen LogP contribution is -2.48. The Labute approximate surface area is 209 Å². The van der Waals surface area contributed by atoms with E-state index in [1.165, 1.54) is 31.3 Å². The lowest BCUT2D eigenvalue weighted by molar-refractivity contribution is -0.140. The van der Waals surface area contributed by atoms with E-state index in [-0.39, 0.29) is 37.1 Å². The zero-order chi connectivity index (χ0) is 25.4. The van der Waals surface area contributed by atoms with E-state index >= 15 is 0 Å². The number of methoxy groups -OCH3 is 2. The minimum absolute atomic E-state index is 0.0453. The summed E-state index contributed by atoms with van der Waals surface area (Å²) in [4.78, 5) is 27.9. The number of hydrogen-bond donors (Lipinski definition) is 1. The first-order valence-electron chi connectivity index (χ1n) is 11.1. The van der Waals surface area contributed by atoms with Crippen LogP contribution in [0.1, 0.15) is 23.6 Å². The van der Waals surface area contributed by atoms with Crippen LogP contribution in [0.3, 0.4) is 0 Å². The standard InChI is InChI=1S/C27H28ClFN2O4/c1-18(27(33)30-16-21-6-4-5-7-23(21)28)31(17-19-8-11-22(29)12-9-19)26(32)15-20-10-13-24(34-2)25(14-20)35-3/h4-14,18H,15-17H2,1-3H3,(H,30,33)/t18-/m1/s1. The highest BCUT2D eigenvalue weighted by Gasteiger charge is 2.26. The van der Waals surface area contributed by atoms with Crippen LogP contribution in [-0.4, -0.2) is 37.0 Å². The van der Waals surface area contributed by atoms with Gasteiger partial charge in [-0.25, -0.2) is 4.39 Å². The van der Waals surface area contributed by atoms with Crippen LogP contribution in [0.4, 0.5) is 4.39 Å². The van der Waals surface area contributed by atoms with Gasteiger partial charge in [-0.2, -0.15) is 0 Å². The highest BCUT2D eigenvalue weighted by molar-refractivity contribution is 6.31. The van der Waals surface area contributed by atoms with Gasteiger partial charge in [-0.3, -0.25) is 9.59 Å². The van der Waals surface area contributed by atoms with Gasteiger partial charge in [0.25, 0.3) is 0 Å². The number of carbonyl (C=O) groups is 2. The molecular formula is C27H28ClFN2O4. The fourth-order valence-corrected chi connectivity index (χ4v) is 3.81. The second-order valence-electron chi connectivity index (χ2n) is 8.00. The lowest BCUT2D eigenvalue weighted by atomic mass is 10.1. The second kappa shape index (κ2) is 12.2. The Morgan fingerprint density at radius 1 is 0.971 bits per heavy atom. The van der Waals surface area contributed by atoms with Crippen LogP contribution in [0.25, 0.3) is 0 Å². The number of benzene rings is 3. The van der Waals surface area contributed by atoms with E-state index in [9.17, 15) is 14.0 Å². The molecule has 0 aliphatic carbocycles. The average molecular weight is 499 g/mol. The molecule has 184 valence electrons. The molecule has 2 amide bonds. The fraction of sp³-hybridized carbons (Fsp3) is 0.259. The number of nitrogens with one attached hydrogen (secondary N) is 1. The summed E-state index contributed by atoms with van der Waals surface area (Å²) in [7, 11) is 3.06. The zero-order valence-electron chi connectivity index (χ0n) is 19.9. The molecule has 35 heavy (non-hydrogen) atoms. The Bertz CT molecular complexity index is 1170. The highest BCUT2D eigenvalue weighted by atomic mass is 35.5. The van der Waals surface area contributed by atoms with E-state index in [0.29, 0.717) is 27.6 Å². The molecule has 3 rings (SSSR count). The van der Waals surface area contributed by atoms with E-state index in [0.717, 1.165) is 5.56 Å². The number of carbonyl (C=O) groups excluding carboxylic acids is 2. The van der Waals surface area contributed by atoms with Crippen LogP contribution in [0.2, 0.25) is 5.02 Å². The summed E-state index contributed by atoms with van der Waals surface area (Å²) in [5.74, 6) is 0.102. The normalized spacial score (nSPS) is 11.5. The fourth-order valence-electron chi connectivity index (χ4n) is 3.61. The van der Waals surface area contributed by atoms with Gasteiger partial charge in [0.1, 0.15) is 11.9 Å². The molecule has 8 heteroatoms. The van der Waals surface area contributed by atoms with Gasteiger partial charge >= 0.3 is 0 Å². The first-order valence-corrected chi connectivity index (χ1v) is 11.5. The van der Waals surface area contributed by atoms with Crippen LogP contribution in [0, 0.1) is 5.82 Å². The first kappa shape index (κ1) is 26.0. The molecule has 3 aromatic carbocycles. The van der Waals surface area contributed by atoms with Crippen molar-refractivity contribution in [3.8, 4) is 11.5 Å². The van der Waals surface area contributed by atoms with Gasteiger partial charge in [-0.05, 0) is 53.9 Å². The molecular weight excluding hydrogens is 471 g/mol. The maximum absolute atomic E-state index is 13.4. The molecule has 0 aromatic heterocycles. The first-order chi connectivity index (χ1) is 16.8. The van der Waals surface area contributed by atoms with Crippen LogP contribution in [-0.2, 0) is 29.1 Å². The Morgan fingerprint density at radius 2 is 1.63 bits per heavy atom. The summed E-state index contributed by atoms with van der Waals surface area (Å²) in [6, 6.07) is 17.5. The van der Waals surface area contributed by atoms with Gasteiger partial charge < -0.3 is 19.7 Å². The third-order valence-corrected chi connectivity index (χ3v) is 6.02. The van der Waals surface area contributed by atoms with Crippen molar-refractivity contribution in [3.63, 3.8) is 0 Å². The van der Waals surface area contributed by atoms with Gasteiger partial charge in [0.2, 0.25) is 11.8 Å². The van der Waals surface area contributed by atoms with E-state index in [4.69, 9.17) is 21.1 Å². The van der Waals surface area contributed by atoms with Crippen LogP contribution in [0.15, 0.2) is 66.7 Å². The third-order valence-electron chi connectivity index (χ3n) is 5.65. The molecule has 0 fully saturated rings. The van der Waals surface area contributed by atoms with Gasteiger partial charge in [0.05, 0.1) is 20.6 Å². The van der Waals surface area contributed by atoms with E-state index < -0.39 is 6.04 Å². The molecule has 1 atom stereocenters. The quantitative estimate of drug-likeness (QED) is 0.437. The van der Waals surface area contributed by atoms with E-state index in [1.807, 2.05) is 18.2 Å². The Balaban J connectivity index is 1.79. The molecule has 1 N–H and O–H groups in total. The molecule has 0 heterocycles. The number of ether oxygens (including phenoxy) is 2. The maximum Gasteiger partial charge on any atom is 0.242 e. The largest absolute Gasteiger partial charge is 0.493 e. The number of amides is 2.